The van der Waals surface area contributed by atoms with Gasteiger partial charge in [0.25, 0.3) is 12.3 Å². The Morgan fingerprint density at radius 3 is 2.73 bits per heavy atom. The molecule has 0 fully saturated rings. The standard InChI is InChI=1S/C23H24F3N5O2/c1-13(19-10-20(33-3)18(24)11-29-19)31-6-4-15-16(21(25)26)8-14(9-17(15)22(31)32)12-30-7-5-28-23(30)27-2/h5,7-11,13,21H,4,6,12H2,1-3H3,(H,27,28)/t13-/m0/s1. The number of imidazole rings is 1. The van der Waals surface area contributed by atoms with Gasteiger partial charge in [0.1, 0.15) is 0 Å². The molecule has 1 amide bonds. The maximum Gasteiger partial charge on any atom is 0.264 e. The number of hydrogen-bond donors (Lipinski definition) is 1. The van der Waals surface area contributed by atoms with E-state index in [1.54, 1.807) is 41.9 Å². The third kappa shape index (κ3) is 4.24. The largest absolute Gasteiger partial charge is 0.494 e. The van der Waals surface area contributed by atoms with E-state index in [4.69, 9.17) is 4.74 Å². The number of carbonyl (C=O) groups is 1. The van der Waals surface area contributed by atoms with Crippen LogP contribution in [-0.2, 0) is 13.0 Å². The molecule has 0 unspecified atom stereocenters. The van der Waals surface area contributed by atoms with E-state index in [1.807, 2.05) is 0 Å². The average molecular weight is 459 g/mol. The summed E-state index contributed by atoms with van der Waals surface area (Å²) in [7, 11) is 3.07. The summed E-state index contributed by atoms with van der Waals surface area (Å²) in [5.41, 5.74) is 1.51. The second kappa shape index (κ2) is 9.13. The van der Waals surface area contributed by atoms with Crippen molar-refractivity contribution in [2.75, 3.05) is 26.0 Å². The normalized spacial score (nSPS) is 14.4. The lowest BCUT2D eigenvalue weighted by Crippen LogP contribution is -2.40. The number of rotatable bonds is 7. The van der Waals surface area contributed by atoms with Crippen molar-refractivity contribution in [3.63, 3.8) is 0 Å². The van der Waals surface area contributed by atoms with Crippen LogP contribution in [-0.4, -0.2) is 46.0 Å². The van der Waals surface area contributed by atoms with Crippen molar-refractivity contribution >= 4 is 11.9 Å². The van der Waals surface area contributed by atoms with E-state index in [-0.39, 0.29) is 42.3 Å². The molecule has 0 saturated carbocycles. The summed E-state index contributed by atoms with van der Waals surface area (Å²) in [6.45, 7) is 2.30. The van der Waals surface area contributed by atoms with Crippen LogP contribution in [0.1, 0.15) is 52.1 Å². The van der Waals surface area contributed by atoms with Gasteiger partial charge in [-0.3, -0.25) is 9.78 Å². The van der Waals surface area contributed by atoms with Crippen LogP contribution in [0.5, 0.6) is 5.75 Å². The maximum atomic E-state index is 13.9. The Bertz CT molecular complexity index is 1180. The van der Waals surface area contributed by atoms with Crippen molar-refractivity contribution in [2.24, 2.45) is 0 Å². The molecule has 0 saturated heterocycles. The molecule has 1 aromatic carbocycles. The Hall–Kier alpha value is -3.56. The zero-order valence-electron chi connectivity index (χ0n) is 18.5. The molecule has 4 rings (SSSR count). The number of fused-ring (bicyclic) bond motifs is 1. The van der Waals surface area contributed by atoms with Gasteiger partial charge in [0, 0.05) is 43.2 Å². The Morgan fingerprint density at radius 2 is 2.03 bits per heavy atom. The summed E-state index contributed by atoms with van der Waals surface area (Å²) in [4.78, 5) is 23.3. The summed E-state index contributed by atoms with van der Waals surface area (Å²) in [6.07, 6.45) is 1.97. The summed E-state index contributed by atoms with van der Waals surface area (Å²) in [5.74, 6) is -0.351. The number of pyridine rings is 1. The summed E-state index contributed by atoms with van der Waals surface area (Å²) >= 11 is 0. The van der Waals surface area contributed by atoms with E-state index in [2.05, 4.69) is 15.3 Å². The molecule has 0 radical (unpaired) electrons. The van der Waals surface area contributed by atoms with Crippen molar-refractivity contribution in [1.29, 1.82) is 0 Å². The third-order valence-electron chi connectivity index (χ3n) is 5.92. The van der Waals surface area contributed by atoms with Gasteiger partial charge in [-0.05, 0) is 36.6 Å². The zero-order valence-corrected chi connectivity index (χ0v) is 18.5. The van der Waals surface area contributed by atoms with Gasteiger partial charge in [-0.15, -0.1) is 0 Å². The Morgan fingerprint density at radius 1 is 1.24 bits per heavy atom. The highest BCUT2D eigenvalue weighted by Gasteiger charge is 2.33. The molecule has 1 aliphatic rings. The van der Waals surface area contributed by atoms with Crippen LogP contribution in [0.15, 0.2) is 36.8 Å². The van der Waals surface area contributed by atoms with Crippen LogP contribution in [0.3, 0.4) is 0 Å². The minimum Gasteiger partial charge on any atom is -0.494 e. The number of methoxy groups -OCH3 is 1. The fraction of sp³-hybridized carbons (Fsp3) is 0.348. The fourth-order valence-corrected chi connectivity index (χ4v) is 4.21. The molecule has 1 aliphatic heterocycles. The van der Waals surface area contributed by atoms with E-state index in [1.165, 1.54) is 19.2 Å². The predicted octanol–water partition coefficient (Wildman–Crippen LogP) is 4.21. The highest BCUT2D eigenvalue weighted by atomic mass is 19.3. The van der Waals surface area contributed by atoms with Gasteiger partial charge in [-0.1, -0.05) is 0 Å². The number of nitrogens with one attached hydrogen (secondary N) is 1. The van der Waals surface area contributed by atoms with Gasteiger partial charge in [0.05, 0.1) is 31.6 Å². The van der Waals surface area contributed by atoms with E-state index in [9.17, 15) is 18.0 Å². The summed E-state index contributed by atoms with van der Waals surface area (Å²) < 4.78 is 48.4. The number of carbonyl (C=O) groups excluding carboxylic acids is 1. The van der Waals surface area contributed by atoms with Crippen molar-refractivity contribution in [3.05, 3.63) is 70.6 Å². The SMILES string of the molecule is CNc1nccn1Cc1cc2c(c(C(F)F)c1)CCN([C@@H](C)c1cc(OC)c(F)cn1)C2=O. The lowest BCUT2D eigenvalue weighted by Gasteiger charge is -2.34. The van der Waals surface area contributed by atoms with Crippen LogP contribution in [0.25, 0.3) is 0 Å². The molecule has 10 heteroatoms. The Kier molecular flexibility index (Phi) is 6.26. The van der Waals surface area contributed by atoms with Gasteiger partial charge >= 0.3 is 0 Å². The lowest BCUT2D eigenvalue weighted by molar-refractivity contribution is 0.0665. The molecule has 174 valence electrons. The molecular formula is C23H24F3N5O2. The highest BCUT2D eigenvalue weighted by molar-refractivity contribution is 5.97. The number of amides is 1. The lowest BCUT2D eigenvalue weighted by atomic mass is 9.90. The van der Waals surface area contributed by atoms with E-state index in [0.717, 1.165) is 6.20 Å². The van der Waals surface area contributed by atoms with Crippen molar-refractivity contribution < 1.29 is 22.7 Å². The van der Waals surface area contributed by atoms with Gasteiger partial charge in [-0.2, -0.15) is 0 Å². The van der Waals surface area contributed by atoms with Crippen molar-refractivity contribution in [2.45, 2.75) is 32.4 Å². The van der Waals surface area contributed by atoms with Crippen LogP contribution in [0, 0.1) is 5.82 Å². The van der Waals surface area contributed by atoms with Gasteiger partial charge in [0.15, 0.2) is 11.6 Å². The first kappa shape index (κ1) is 22.6. The minimum atomic E-state index is -2.70. The molecular weight excluding hydrogens is 435 g/mol. The molecule has 2 aromatic heterocycles. The molecule has 3 aromatic rings. The number of ether oxygens (including phenoxy) is 1. The van der Waals surface area contributed by atoms with Crippen LogP contribution in [0.4, 0.5) is 19.1 Å². The van der Waals surface area contributed by atoms with Gasteiger partial charge in [0.2, 0.25) is 5.95 Å². The van der Waals surface area contributed by atoms with E-state index < -0.39 is 18.3 Å². The molecule has 0 aliphatic carbocycles. The van der Waals surface area contributed by atoms with Crippen LogP contribution in [0.2, 0.25) is 0 Å². The summed E-state index contributed by atoms with van der Waals surface area (Å²) in [6, 6.07) is 4.08. The number of alkyl halides is 2. The topological polar surface area (TPSA) is 72.3 Å². The molecule has 33 heavy (non-hydrogen) atoms. The van der Waals surface area contributed by atoms with Gasteiger partial charge < -0.3 is 19.5 Å². The maximum absolute atomic E-state index is 13.9. The summed E-state index contributed by atoms with van der Waals surface area (Å²) in [5, 5.41) is 2.94. The van der Waals surface area contributed by atoms with E-state index in [0.29, 0.717) is 22.8 Å². The quantitative estimate of drug-likeness (QED) is 0.573. The first-order valence-corrected chi connectivity index (χ1v) is 10.5. The first-order valence-electron chi connectivity index (χ1n) is 10.5. The predicted molar refractivity (Wildman–Crippen MR) is 116 cm³/mol. The number of halogens is 3. The van der Waals surface area contributed by atoms with Gasteiger partial charge in [-0.25, -0.2) is 18.2 Å². The molecule has 3 heterocycles. The Balaban J connectivity index is 1.69. The number of anilines is 1. The Labute approximate surface area is 189 Å². The highest BCUT2D eigenvalue weighted by Crippen LogP contribution is 2.34. The van der Waals surface area contributed by atoms with Crippen LogP contribution < -0.4 is 10.1 Å². The minimum absolute atomic E-state index is 0.0275. The second-order valence-electron chi connectivity index (χ2n) is 7.81. The number of nitrogens with zero attached hydrogens (tertiary/aromatic N) is 4. The van der Waals surface area contributed by atoms with Crippen molar-refractivity contribution in [3.8, 4) is 5.75 Å². The number of hydrogen-bond acceptors (Lipinski definition) is 5. The second-order valence-corrected chi connectivity index (χ2v) is 7.81. The first-order chi connectivity index (χ1) is 15.8. The van der Waals surface area contributed by atoms with Crippen molar-refractivity contribution in [1.82, 2.24) is 19.4 Å². The average Bonchev–Trinajstić information content (AvgIpc) is 3.26. The molecule has 0 spiro atoms. The fourth-order valence-electron chi connectivity index (χ4n) is 4.21. The molecule has 1 atom stereocenters. The zero-order chi connectivity index (χ0) is 23.7. The number of aromatic nitrogens is 3. The number of benzene rings is 1. The molecule has 7 nitrogen and oxygen atoms in total. The molecule has 1 N–H and O–H groups in total. The molecule has 0 bridgehead atoms. The van der Waals surface area contributed by atoms with E-state index >= 15 is 0 Å². The van der Waals surface area contributed by atoms with Crippen LogP contribution >= 0.6 is 0 Å². The smallest absolute Gasteiger partial charge is 0.264 e. The third-order valence-corrected chi connectivity index (χ3v) is 5.92. The monoisotopic (exact) mass is 459 g/mol.